The molecule has 0 unspecified atom stereocenters. The van der Waals surface area contributed by atoms with Crippen molar-refractivity contribution in [3.05, 3.63) is 42.4 Å². The van der Waals surface area contributed by atoms with Crippen molar-refractivity contribution in [2.45, 2.75) is 26.8 Å². The maximum atomic E-state index is 11.9. The van der Waals surface area contributed by atoms with E-state index in [1.54, 1.807) is 4.90 Å². The van der Waals surface area contributed by atoms with Crippen molar-refractivity contribution >= 4 is 6.03 Å². The number of carbonyl (C=O) groups is 1. The van der Waals surface area contributed by atoms with Crippen molar-refractivity contribution in [2.75, 3.05) is 6.54 Å². The largest absolute Gasteiger partial charge is 0.334 e. The molecule has 0 spiro atoms. The predicted octanol–water partition coefficient (Wildman–Crippen LogP) is 2.79. The SMILES string of the molecule is CC1(C)C[CH]N(C(=O)NCc2ccccc2)C1. The van der Waals surface area contributed by atoms with Gasteiger partial charge in [-0.1, -0.05) is 44.2 Å². The first-order valence-electron chi connectivity index (χ1n) is 5.99. The first kappa shape index (κ1) is 12.0. The number of hydrogen-bond donors (Lipinski definition) is 1. The van der Waals surface area contributed by atoms with E-state index < -0.39 is 0 Å². The van der Waals surface area contributed by atoms with Crippen LogP contribution >= 0.6 is 0 Å². The number of rotatable bonds is 2. The summed E-state index contributed by atoms with van der Waals surface area (Å²) in [5.41, 5.74) is 1.34. The monoisotopic (exact) mass is 231 g/mol. The molecule has 3 heteroatoms. The zero-order valence-electron chi connectivity index (χ0n) is 10.4. The highest BCUT2D eigenvalue weighted by atomic mass is 16.2. The molecule has 1 aromatic carbocycles. The molecule has 3 nitrogen and oxygen atoms in total. The van der Waals surface area contributed by atoms with Crippen molar-refractivity contribution in [3.8, 4) is 0 Å². The number of hydrogen-bond acceptors (Lipinski definition) is 1. The highest BCUT2D eigenvalue weighted by molar-refractivity contribution is 5.75. The van der Waals surface area contributed by atoms with Crippen molar-refractivity contribution in [2.24, 2.45) is 5.41 Å². The average molecular weight is 231 g/mol. The van der Waals surface area contributed by atoms with E-state index in [-0.39, 0.29) is 11.4 Å². The second-order valence-electron chi connectivity index (χ2n) is 5.32. The predicted molar refractivity (Wildman–Crippen MR) is 68.1 cm³/mol. The fraction of sp³-hybridized carbons (Fsp3) is 0.429. The van der Waals surface area contributed by atoms with Crippen molar-refractivity contribution in [1.29, 1.82) is 0 Å². The second kappa shape index (κ2) is 4.78. The summed E-state index contributed by atoms with van der Waals surface area (Å²) in [6.07, 6.45) is 0.964. The van der Waals surface area contributed by atoms with Gasteiger partial charge in [0.25, 0.3) is 0 Å². The van der Waals surface area contributed by atoms with Gasteiger partial charge in [-0.2, -0.15) is 0 Å². The van der Waals surface area contributed by atoms with Gasteiger partial charge in [-0.15, -0.1) is 0 Å². The molecule has 17 heavy (non-hydrogen) atoms. The van der Waals surface area contributed by atoms with Crippen LogP contribution in [0.15, 0.2) is 30.3 Å². The lowest BCUT2D eigenvalue weighted by atomic mass is 9.93. The van der Waals surface area contributed by atoms with Crippen LogP contribution in [0.3, 0.4) is 0 Å². The van der Waals surface area contributed by atoms with Gasteiger partial charge >= 0.3 is 6.03 Å². The Kier molecular flexibility index (Phi) is 3.36. The number of nitrogens with zero attached hydrogens (tertiary/aromatic N) is 1. The Morgan fingerprint density at radius 2 is 2.06 bits per heavy atom. The molecule has 0 aliphatic carbocycles. The van der Waals surface area contributed by atoms with Gasteiger partial charge in [0, 0.05) is 13.1 Å². The molecule has 1 radical (unpaired) electrons. The molecule has 1 aliphatic rings. The number of likely N-dealkylation sites (tertiary alicyclic amines) is 1. The summed E-state index contributed by atoms with van der Waals surface area (Å²) < 4.78 is 0. The van der Waals surface area contributed by atoms with Gasteiger partial charge in [0.05, 0.1) is 6.54 Å². The van der Waals surface area contributed by atoms with Crippen LogP contribution in [0.5, 0.6) is 0 Å². The number of carbonyl (C=O) groups excluding carboxylic acids is 1. The third-order valence-corrected chi connectivity index (χ3v) is 3.01. The van der Waals surface area contributed by atoms with E-state index in [0.29, 0.717) is 6.54 Å². The smallest absolute Gasteiger partial charge is 0.318 e. The summed E-state index contributed by atoms with van der Waals surface area (Å²) in [5, 5.41) is 2.93. The minimum atomic E-state index is -0.000530. The Morgan fingerprint density at radius 1 is 1.35 bits per heavy atom. The summed E-state index contributed by atoms with van der Waals surface area (Å²) in [6.45, 7) is 7.72. The molecule has 1 fully saturated rings. The molecule has 0 saturated carbocycles. The number of nitrogens with one attached hydrogen (secondary N) is 1. The molecule has 1 saturated heterocycles. The molecule has 1 aromatic rings. The average Bonchev–Trinajstić information content (AvgIpc) is 2.68. The van der Waals surface area contributed by atoms with E-state index in [1.165, 1.54) is 0 Å². The van der Waals surface area contributed by atoms with Gasteiger partial charge in [0.2, 0.25) is 0 Å². The van der Waals surface area contributed by atoms with Crippen molar-refractivity contribution < 1.29 is 4.79 Å². The summed E-state index contributed by atoms with van der Waals surface area (Å²) in [7, 11) is 0. The Labute approximate surface area is 103 Å². The quantitative estimate of drug-likeness (QED) is 0.834. The van der Waals surface area contributed by atoms with Crippen LogP contribution in [0, 0.1) is 12.0 Å². The van der Waals surface area contributed by atoms with Crippen LogP contribution in [-0.2, 0) is 6.54 Å². The lowest BCUT2D eigenvalue weighted by Gasteiger charge is -2.20. The molecule has 1 N–H and O–H groups in total. The summed E-state index contributed by atoms with van der Waals surface area (Å²) in [5.74, 6) is 0. The topological polar surface area (TPSA) is 32.3 Å². The van der Waals surface area contributed by atoms with E-state index >= 15 is 0 Å². The summed E-state index contributed by atoms with van der Waals surface area (Å²) in [6, 6.07) is 9.95. The van der Waals surface area contributed by atoms with Crippen LogP contribution in [-0.4, -0.2) is 17.5 Å². The maximum absolute atomic E-state index is 11.9. The first-order chi connectivity index (χ1) is 8.07. The molecule has 0 atom stereocenters. The number of amides is 2. The Balaban J connectivity index is 1.83. The van der Waals surface area contributed by atoms with Gasteiger partial charge in [0.1, 0.15) is 0 Å². The molecule has 0 aromatic heterocycles. The van der Waals surface area contributed by atoms with E-state index in [1.807, 2.05) is 36.9 Å². The fourth-order valence-electron chi connectivity index (χ4n) is 1.98. The van der Waals surface area contributed by atoms with Crippen molar-refractivity contribution in [1.82, 2.24) is 10.2 Å². The lowest BCUT2D eigenvalue weighted by molar-refractivity contribution is 0.208. The van der Waals surface area contributed by atoms with Gasteiger partial charge in [0.15, 0.2) is 0 Å². The van der Waals surface area contributed by atoms with Crippen LogP contribution < -0.4 is 5.32 Å². The minimum Gasteiger partial charge on any atom is -0.334 e. The van der Waals surface area contributed by atoms with Crippen LogP contribution in [0.2, 0.25) is 0 Å². The zero-order valence-corrected chi connectivity index (χ0v) is 10.4. The van der Waals surface area contributed by atoms with Crippen LogP contribution in [0.4, 0.5) is 4.79 Å². The minimum absolute atomic E-state index is 0.000530. The molecule has 0 bridgehead atoms. The molecular weight excluding hydrogens is 212 g/mol. The van der Waals surface area contributed by atoms with E-state index in [4.69, 9.17) is 0 Å². The summed E-state index contributed by atoms with van der Waals surface area (Å²) >= 11 is 0. The van der Waals surface area contributed by atoms with Gasteiger partial charge in [-0.25, -0.2) is 4.79 Å². The van der Waals surface area contributed by atoms with Crippen LogP contribution in [0.25, 0.3) is 0 Å². The van der Waals surface area contributed by atoms with Gasteiger partial charge in [-0.3, -0.25) is 0 Å². The molecule has 91 valence electrons. The van der Waals surface area contributed by atoms with Gasteiger partial charge in [-0.05, 0) is 17.4 Å². The standard InChI is InChI=1S/C14H19N2O/c1-14(2)8-9-16(11-14)13(17)15-10-12-6-4-3-5-7-12/h3-7,9H,8,10-11H2,1-2H3,(H,15,17). The third kappa shape index (κ3) is 3.22. The number of urea groups is 1. The Morgan fingerprint density at radius 3 is 2.65 bits per heavy atom. The summed E-state index contributed by atoms with van der Waals surface area (Å²) in [4.78, 5) is 13.7. The number of benzene rings is 1. The normalized spacial score (nSPS) is 18.1. The van der Waals surface area contributed by atoms with E-state index in [2.05, 4.69) is 19.2 Å². The zero-order chi connectivity index (χ0) is 12.3. The van der Waals surface area contributed by atoms with Gasteiger partial charge < -0.3 is 10.2 Å². The second-order valence-corrected chi connectivity index (χ2v) is 5.32. The molecular formula is C14H19N2O. The molecule has 1 aliphatic heterocycles. The maximum Gasteiger partial charge on any atom is 0.318 e. The third-order valence-electron chi connectivity index (χ3n) is 3.01. The van der Waals surface area contributed by atoms with Crippen LogP contribution in [0.1, 0.15) is 25.8 Å². The Bertz CT molecular complexity index is 386. The Hall–Kier alpha value is -1.51. The molecule has 2 amide bonds. The first-order valence-corrected chi connectivity index (χ1v) is 5.99. The van der Waals surface area contributed by atoms with E-state index in [9.17, 15) is 4.79 Å². The molecule has 2 rings (SSSR count). The highest BCUT2D eigenvalue weighted by Gasteiger charge is 2.32. The molecule has 1 heterocycles. The lowest BCUT2D eigenvalue weighted by Crippen LogP contribution is -2.37. The fourth-order valence-corrected chi connectivity index (χ4v) is 1.98. The highest BCUT2D eigenvalue weighted by Crippen LogP contribution is 2.31. The van der Waals surface area contributed by atoms with E-state index in [0.717, 1.165) is 18.5 Å². The van der Waals surface area contributed by atoms with Crippen molar-refractivity contribution in [3.63, 3.8) is 0 Å².